The number of Topliss-reactive ketones (excluding diaryl/α,β-unsaturated/α-hetero) is 2. The maximum Gasteiger partial charge on any atom is 0.494 e. The predicted octanol–water partition coefficient (Wildman–Crippen LogP) is 13.9. The van der Waals surface area contributed by atoms with Gasteiger partial charge in [-0.1, -0.05) is 52.3 Å². The van der Waals surface area contributed by atoms with Gasteiger partial charge >= 0.3 is 33.1 Å². The summed E-state index contributed by atoms with van der Waals surface area (Å²) < 4.78 is 70.2. The number of benzene rings is 4. The van der Waals surface area contributed by atoms with Crippen LogP contribution in [-0.2, 0) is 50.6 Å². The van der Waals surface area contributed by atoms with Crippen molar-refractivity contribution in [3.63, 3.8) is 0 Å². The van der Waals surface area contributed by atoms with Crippen molar-refractivity contribution in [1.29, 1.82) is 0 Å². The molecule has 2 aromatic heterocycles. The van der Waals surface area contributed by atoms with Gasteiger partial charge in [0.2, 0.25) is 0 Å². The molecule has 5 heterocycles. The third-order valence-corrected chi connectivity index (χ3v) is 22.0. The van der Waals surface area contributed by atoms with E-state index in [1.165, 1.54) is 12.1 Å². The zero-order valence-corrected chi connectivity index (χ0v) is 54.4. The molecular formula is C68H82B3BrF2N2O12. The molecule has 4 saturated carbocycles. The highest BCUT2D eigenvalue weighted by Gasteiger charge is 2.64. The first-order valence-electron chi connectivity index (χ1n) is 31.0. The normalized spacial score (nSPS) is 27.2. The van der Waals surface area contributed by atoms with Crippen molar-refractivity contribution in [3.8, 4) is 0 Å². The molecule has 0 unspecified atom stereocenters. The number of fused-ring (bicyclic) bond motifs is 2. The van der Waals surface area contributed by atoms with E-state index in [2.05, 4.69) is 15.9 Å². The Bertz CT molecular complexity index is 3580. The van der Waals surface area contributed by atoms with Crippen molar-refractivity contribution >= 4 is 87.8 Å². The SMILES string of the molecule is CC1(C)OB(B2OC(C)(C)C(C)(C)O2)OC1(C)C.CC1(C)OB(c2ccc(Cn3ccc4c(F)ccc(C(=O)CC5CC6(C5)CC(C(=O)O)C6)c43)cc2)OC1(C)C.O=C(CC1CC2(C1)CC(C(=O)O)C2)c1ccc(F)c2ccn(Cc3ccc(Br)cc3)c12. The Morgan fingerprint density at radius 3 is 1.15 bits per heavy atom. The molecule has 466 valence electrons. The third-order valence-electron chi connectivity index (χ3n) is 21.5. The lowest BCUT2D eigenvalue weighted by molar-refractivity contribution is -0.158. The summed E-state index contributed by atoms with van der Waals surface area (Å²) in [6, 6.07) is 25.4. The summed E-state index contributed by atoms with van der Waals surface area (Å²) >= 11 is 3.44. The number of carbonyl (C=O) groups is 4. The van der Waals surface area contributed by atoms with Gasteiger partial charge in [-0.3, -0.25) is 19.2 Å². The molecule has 14 nitrogen and oxygen atoms in total. The fourth-order valence-electron chi connectivity index (χ4n) is 14.4. The Labute approximate surface area is 524 Å². The quantitative estimate of drug-likeness (QED) is 0.0781. The molecule has 3 saturated heterocycles. The summed E-state index contributed by atoms with van der Waals surface area (Å²) in [5, 5.41) is 19.2. The molecule has 88 heavy (non-hydrogen) atoms. The summed E-state index contributed by atoms with van der Waals surface area (Å²) in [7, 11) is -1.39. The lowest BCUT2D eigenvalue weighted by atomic mass is 9.47. The first-order chi connectivity index (χ1) is 41.1. The highest BCUT2D eigenvalue weighted by molar-refractivity contribution is 9.10. The van der Waals surface area contributed by atoms with Gasteiger partial charge in [-0.05, 0) is 222 Å². The molecule has 2 spiro atoms. The summed E-state index contributed by atoms with van der Waals surface area (Å²) in [5.41, 5.74) is 3.43. The minimum absolute atomic E-state index is 0.0185. The molecule has 0 atom stereocenters. The van der Waals surface area contributed by atoms with Crippen molar-refractivity contribution in [3.05, 3.63) is 136 Å². The number of carboxylic acids is 2. The average Bonchev–Trinajstić information content (AvgIpc) is 2.47. The third kappa shape index (κ3) is 12.3. The Kier molecular flexibility index (Phi) is 16.8. The van der Waals surface area contributed by atoms with E-state index < -0.39 is 44.3 Å². The van der Waals surface area contributed by atoms with Gasteiger partial charge in [0.05, 0.1) is 56.5 Å². The molecule has 4 aromatic carbocycles. The van der Waals surface area contributed by atoms with E-state index in [4.69, 9.17) is 33.0 Å². The van der Waals surface area contributed by atoms with E-state index in [1.807, 2.05) is 153 Å². The van der Waals surface area contributed by atoms with E-state index >= 15 is 0 Å². The Morgan fingerprint density at radius 1 is 0.477 bits per heavy atom. The highest BCUT2D eigenvalue weighted by atomic mass is 79.9. The standard InChI is InChI=1S/C31H35BFNO5.C25H23BrFNO3.C12H24B2O4/c1-29(2)30(3,4)39-32(38-29)22-7-5-19(6-8-22)18-34-12-11-23-25(33)10-9-24(27(23)34)26(35)13-20-14-31(15-20)16-21(17-31)28(36)37;26-18-3-1-15(2-4-18)14-28-8-7-19-21(27)6-5-20(23(19)28)22(29)9-16-10-25(11-16)12-17(13-25)24(30)31;1-9(2)10(3,4)16-13(15-9)14-17-11(5,6)12(7,8)18-14/h5-12,20-21H,13-18H2,1-4H3,(H,36,37);1-8,16-17H,9-14H2,(H,30,31);1-8H3. The van der Waals surface area contributed by atoms with Crippen molar-refractivity contribution in [2.45, 2.75) is 194 Å². The summed E-state index contributed by atoms with van der Waals surface area (Å²) in [6.07, 6.45) is 11.1. The Balaban J connectivity index is 0.000000146. The zero-order valence-electron chi connectivity index (χ0n) is 52.8. The molecule has 0 bridgehead atoms. The van der Waals surface area contributed by atoms with Crippen LogP contribution in [0.2, 0.25) is 0 Å². The Morgan fingerprint density at radius 2 is 0.807 bits per heavy atom. The fraction of sp³-hybridized carbons (Fsp3) is 0.529. The molecule has 13 rings (SSSR count). The number of ketones is 2. The highest BCUT2D eigenvalue weighted by Crippen LogP contribution is 2.63. The lowest BCUT2D eigenvalue weighted by Gasteiger charge is -2.56. The van der Waals surface area contributed by atoms with Crippen LogP contribution < -0.4 is 5.46 Å². The van der Waals surface area contributed by atoms with E-state index in [0.29, 0.717) is 58.9 Å². The maximum atomic E-state index is 14.7. The summed E-state index contributed by atoms with van der Waals surface area (Å²) in [6.45, 7) is 25.4. The number of nitrogens with zero attached hydrogens (tertiary/aromatic N) is 2. The Hall–Kier alpha value is -5.47. The maximum absolute atomic E-state index is 14.7. The van der Waals surface area contributed by atoms with Gasteiger partial charge in [0.1, 0.15) is 11.6 Å². The number of hydrogen-bond donors (Lipinski definition) is 2. The van der Waals surface area contributed by atoms with Gasteiger partial charge in [-0.15, -0.1) is 0 Å². The van der Waals surface area contributed by atoms with E-state index in [-0.39, 0.29) is 80.1 Å². The second-order valence-corrected chi connectivity index (χ2v) is 30.4. The summed E-state index contributed by atoms with van der Waals surface area (Å²) in [5.74, 6) is -1.91. The predicted molar refractivity (Wildman–Crippen MR) is 339 cm³/mol. The van der Waals surface area contributed by atoms with Crippen LogP contribution in [0.1, 0.15) is 179 Å². The fourth-order valence-corrected chi connectivity index (χ4v) is 14.7. The van der Waals surface area contributed by atoms with E-state index in [0.717, 1.165) is 72.4 Å². The second kappa shape index (κ2) is 23.0. The molecule has 0 radical (unpaired) electrons. The van der Waals surface area contributed by atoms with Gasteiger partial charge in [0.15, 0.2) is 11.6 Å². The summed E-state index contributed by atoms with van der Waals surface area (Å²) in [4.78, 5) is 48.8. The second-order valence-electron chi connectivity index (χ2n) is 29.5. The number of aliphatic carboxylic acids is 2. The molecule has 2 N–H and O–H groups in total. The van der Waals surface area contributed by atoms with Gasteiger partial charge in [-0.25, -0.2) is 8.78 Å². The molecular weight excluding hydrogens is 1190 g/mol. The van der Waals surface area contributed by atoms with Gasteiger partial charge < -0.3 is 47.3 Å². The van der Waals surface area contributed by atoms with Crippen LogP contribution in [0.4, 0.5) is 8.78 Å². The molecule has 20 heteroatoms. The molecule has 0 amide bonds. The molecule has 7 fully saturated rings. The number of carboxylic acid groups (broad SMARTS) is 2. The van der Waals surface area contributed by atoms with Crippen molar-refractivity contribution < 1.29 is 66.1 Å². The number of halogens is 3. The minimum Gasteiger partial charge on any atom is -0.481 e. The van der Waals surface area contributed by atoms with Crippen LogP contribution in [0.3, 0.4) is 0 Å². The van der Waals surface area contributed by atoms with E-state index in [1.54, 1.807) is 24.3 Å². The molecule has 7 aliphatic rings. The topological polar surface area (TPSA) is 174 Å². The number of hydrogen-bond acceptors (Lipinski definition) is 10. The van der Waals surface area contributed by atoms with Crippen LogP contribution in [0.25, 0.3) is 21.8 Å². The first kappa shape index (κ1) is 64.1. The van der Waals surface area contributed by atoms with Crippen LogP contribution in [-0.4, -0.2) is 97.6 Å². The minimum atomic E-state index is -0.711. The van der Waals surface area contributed by atoms with Crippen LogP contribution in [0, 0.1) is 46.1 Å². The van der Waals surface area contributed by atoms with Crippen molar-refractivity contribution in [2.24, 2.45) is 34.5 Å². The van der Waals surface area contributed by atoms with Crippen LogP contribution in [0.15, 0.2) is 102 Å². The van der Waals surface area contributed by atoms with Gasteiger partial charge in [0, 0.05) is 64.7 Å². The van der Waals surface area contributed by atoms with Gasteiger partial charge in [-0.2, -0.15) is 0 Å². The molecule has 3 aliphatic heterocycles. The smallest absolute Gasteiger partial charge is 0.481 e. The molecule has 6 aromatic rings. The van der Waals surface area contributed by atoms with Crippen LogP contribution in [0.5, 0.6) is 0 Å². The number of aromatic nitrogens is 2. The van der Waals surface area contributed by atoms with Crippen molar-refractivity contribution in [2.75, 3.05) is 0 Å². The van der Waals surface area contributed by atoms with E-state index in [9.17, 15) is 33.1 Å². The lowest BCUT2D eigenvalue weighted by Crippen LogP contribution is -2.50. The van der Waals surface area contributed by atoms with Crippen molar-refractivity contribution in [1.82, 2.24) is 9.13 Å². The first-order valence-corrected chi connectivity index (χ1v) is 31.8. The van der Waals surface area contributed by atoms with Crippen LogP contribution >= 0.6 is 15.9 Å². The average molecular weight is 1270 g/mol. The van der Waals surface area contributed by atoms with Gasteiger partial charge in [0.25, 0.3) is 0 Å². The number of rotatable bonds is 14. The number of carbonyl (C=O) groups excluding carboxylic acids is 2. The molecule has 4 aliphatic carbocycles. The largest absolute Gasteiger partial charge is 0.494 e. The monoisotopic (exact) mass is 1270 g/mol. The zero-order chi connectivity index (χ0) is 63.5.